The maximum Gasteiger partial charge on any atom is 0.171 e. The van der Waals surface area contributed by atoms with Gasteiger partial charge in [-0.15, -0.1) is 0 Å². The standard InChI is InChI=1S/C13H18N2O2S/c1-3-9(2)11(12(16)17)15-13(18)14-10-7-5-4-6-8-10/h4-9,11H,3H2,1-2H3,(H,16,17)(H2,14,15,18)/p-1/t9-,11+/m0/s1. The number of nitrogens with one attached hydrogen (secondary N) is 2. The minimum Gasteiger partial charge on any atom is -0.548 e. The van der Waals surface area contributed by atoms with Crippen molar-refractivity contribution in [3.63, 3.8) is 0 Å². The van der Waals surface area contributed by atoms with Crippen LogP contribution in [0.2, 0.25) is 0 Å². The maximum atomic E-state index is 11.0. The number of carbonyl (C=O) groups is 1. The van der Waals surface area contributed by atoms with Crippen LogP contribution in [0.1, 0.15) is 20.3 Å². The normalized spacial score (nSPS) is 13.4. The summed E-state index contributed by atoms with van der Waals surface area (Å²) >= 11 is 5.09. The monoisotopic (exact) mass is 265 g/mol. The molecule has 2 N–H and O–H groups in total. The van der Waals surface area contributed by atoms with Gasteiger partial charge >= 0.3 is 0 Å². The van der Waals surface area contributed by atoms with E-state index in [0.717, 1.165) is 12.1 Å². The maximum absolute atomic E-state index is 11.0. The summed E-state index contributed by atoms with van der Waals surface area (Å²) in [5.74, 6) is -1.19. The van der Waals surface area contributed by atoms with Crippen molar-refractivity contribution in [3.05, 3.63) is 30.3 Å². The summed E-state index contributed by atoms with van der Waals surface area (Å²) in [4.78, 5) is 11.0. The number of rotatable bonds is 5. The quantitative estimate of drug-likeness (QED) is 0.782. The van der Waals surface area contributed by atoms with E-state index < -0.39 is 12.0 Å². The van der Waals surface area contributed by atoms with E-state index in [0.29, 0.717) is 0 Å². The molecular formula is C13H17N2O2S-. The average Bonchev–Trinajstić information content (AvgIpc) is 2.36. The van der Waals surface area contributed by atoms with Crippen LogP contribution in [0.4, 0.5) is 5.69 Å². The van der Waals surface area contributed by atoms with Crippen LogP contribution in [0.25, 0.3) is 0 Å². The Hall–Kier alpha value is -1.62. The molecule has 0 aliphatic carbocycles. The SMILES string of the molecule is CC[C@H](C)[C@@H](NC(=S)Nc1ccccc1)C(=O)[O-]. The molecule has 0 radical (unpaired) electrons. The largest absolute Gasteiger partial charge is 0.548 e. The van der Waals surface area contributed by atoms with E-state index in [2.05, 4.69) is 10.6 Å². The van der Waals surface area contributed by atoms with E-state index in [9.17, 15) is 9.90 Å². The lowest BCUT2D eigenvalue weighted by Gasteiger charge is -2.26. The fraction of sp³-hybridized carbons (Fsp3) is 0.385. The number of hydrogen-bond acceptors (Lipinski definition) is 3. The smallest absolute Gasteiger partial charge is 0.171 e. The predicted octanol–water partition coefficient (Wildman–Crippen LogP) is 1.14. The van der Waals surface area contributed by atoms with E-state index >= 15 is 0 Å². The second-order valence-corrected chi connectivity index (χ2v) is 4.55. The first kappa shape index (κ1) is 14.4. The molecule has 2 atom stereocenters. The molecule has 1 aromatic carbocycles. The highest BCUT2D eigenvalue weighted by Crippen LogP contribution is 2.09. The number of para-hydroxylation sites is 1. The van der Waals surface area contributed by atoms with E-state index in [4.69, 9.17) is 12.2 Å². The van der Waals surface area contributed by atoms with Crippen LogP contribution in [0.3, 0.4) is 0 Å². The first-order valence-corrected chi connectivity index (χ1v) is 6.28. The molecule has 18 heavy (non-hydrogen) atoms. The highest BCUT2D eigenvalue weighted by Gasteiger charge is 2.17. The van der Waals surface area contributed by atoms with E-state index in [1.165, 1.54) is 0 Å². The summed E-state index contributed by atoms with van der Waals surface area (Å²) in [6.07, 6.45) is 0.736. The Morgan fingerprint density at radius 3 is 2.50 bits per heavy atom. The van der Waals surface area contributed by atoms with Gasteiger partial charge in [0.05, 0.1) is 12.0 Å². The number of carbonyl (C=O) groups excluding carboxylic acids is 1. The van der Waals surface area contributed by atoms with Gasteiger partial charge in [-0.1, -0.05) is 38.5 Å². The summed E-state index contributed by atoms with van der Waals surface area (Å²) in [6.45, 7) is 3.77. The zero-order chi connectivity index (χ0) is 13.5. The molecule has 0 aromatic heterocycles. The Morgan fingerprint density at radius 1 is 1.39 bits per heavy atom. The van der Waals surface area contributed by atoms with Crippen LogP contribution < -0.4 is 15.7 Å². The molecule has 1 aromatic rings. The lowest BCUT2D eigenvalue weighted by atomic mass is 10.00. The molecule has 0 saturated heterocycles. The van der Waals surface area contributed by atoms with Crippen LogP contribution >= 0.6 is 12.2 Å². The molecule has 0 saturated carbocycles. The van der Waals surface area contributed by atoms with Crippen molar-refractivity contribution in [2.24, 2.45) is 5.92 Å². The first-order chi connectivity index (χ1) is 8.54. The van der Waals surface area contributed by atoms with Crippen molar-refractivity contribution >= 4 is 29.0 Å². The van der Waals surface area contributed by atoms with Gasteiger partial charge < -0.3 is 20.5 Å². The first-order valence-electron chi connectivity index (χ1n) is 5.88. The minimum atomic E-state index is -1.14. The molecule has 0 amide bonds. The fourth-order valence-corrected chi connectivity index (χ4v) is 1.74. The highest BCUT2D eigenvalue weighted by atomic mass is 32.1. The lowest BCUT2D eigenvalue weighted by molar-refractivity contribution is -0.309. The number of anilines is 1. The average molecular weight is 265 g/mol. The van der Waals surface area contributed by atoms with Crippen LogP contribution in [0.5, 0.6) is 0 Å². The van der Waals surface area contributed by atoms with Crippen LogP contribution in [0, 0.1) is 5.92 Å². The van der Waals surface area contributed by atoms with Gasteiger partial charge in [0, 0.05) is 5.69 Å². The van der Waals surface area contributed by atoms with E-state index in [-0.39, 0.29) is 11.0 Å². The molecule has 0 spiro atoms. The molecule has 0 fully saturated rings. The number of carboxylic acid groups (broad SMARTS) is 1. The number of carboxylic acids is 1. The van der Waals surface area contributed by atoms with Crippen molar-refractivity contribution in [1.82, 2.24) is 5.32 Å². The molecule has 0 aliphatic heterocycles. The Labute approximate surface area is 112 Å². The Kier molecular flexibility index (Phi) is 5.58. The highest BCUT2D eigenvalue weighted by molar-refractivity contribution is 7.80. The van der Waals surface area contributed by atoms with Gasteiger partial charge in [-0.25, -0.2) is 0 Å². The van der Waals surface area contributed by atoms with Crippen LogP contribution in [0.15, 0.2) is 30.3 Å². The van der Waals surface area contributed by atoms with E-state index in [1.54, 1.807) is 0 Å². The van der Waals surface area contributed by atoms with Crippen molar-refractivity contribution in [2.75, 3.05) is 5.32 Å². The van der Waals surface area contributed by atoms with Crippen molar-refractivity contribution in [3.8, 4) is 0 Å². The molecular weight excluding hydrogens is 248 g/mol. The Morgan fingerprint density at radius 2 is 2.00 bits per heavy atom. The number of hydrogen-bond donors (Lipinski definition) is 2. The lowest BCUT2D eigenvalue weighted by Crippen LogP contribution is -2.52. The zero-order valence-corrected chi connectivity index (χ0v) is 11.3. The van der Waals surface area contributed by atoms with Crippen LogP contribution in [-0.2, 0) is 4.79 Å². The second kappa shape index (κ2) is 6.96. The summed E-state index contributed by atoms with van der Waals surface area (Å²) in [7, 11) is 0. The molecule has 0 unspecified atom stereocenters. The molecule has 0 aliphatic rings. The van der Waals surface area contributed by atoms with Gasteiger partial charge in [0.1, 0.15) is 0 Å². The molecule has 4 nitrogen and oxygen atoms in total. The van der Waals surface area contributed by atoms with Gasteiger partial charge in [-0.2, -0.15) is 0 Å². The molecule has 1 rings (SSSR count). The zero-order valence-electron chi connectivity index (χ0n) is 10.5. The number of benzene rings is 1. The second-order valence-electron chi connectivity index (χ2n) is 4.15. The molecule has 5 heteroatoms. The van der Waals surface area contributed by atoms with Gasteiger partial charge in [0.25, 0.3) is 0 Å². The summed E-state index contributed by atoms with van der Waals surface area (Å²) in [5, 5.41) is 17.0. The van der Waals surface area contributed by atoms with E-state index in [1.807, 2.05) is 44.2 Å². The topological polar surface area (TPSA) is 64.2 Å². The van der Waals surface area contributed by atoms with Crippen molar-refractivity contribution in [2.45, 2.75) is 26.3 Å². The number of aliphatic carboxylic acids is 1. The molecule has 98 valence electrons. The summed E-state index contributed by atoms with van der Waals surface area (Å²) in [5.41, 5.74) is 0.816. The number of thiocarbonyl (C=S) groups is 1. The third-order valence-electron chi connectivity index (χ3n) is 2.79. The summed E-state index contributed by atoms with van der Waals surface area (Å²) in [6, 6.07) is 8.56. The minimum absolute atomic E-state index is 0.0504. The fourth-order valence-electron chi connectivity index (χ4n) is 1.50. The summed E-state index contributed by atoms with van der Waals surface area (Å²) < 4.78 is 0. The van der Waals surface area contributed by atoms with Crippen molar-refractivity contribution < 1.29 is 9.90 Å². The molecule has 0 heterocycles. The van der Waals surface area contributed by atoms with Crippen LogP contribution in [-0.4, -0.2) is 17.1 Å². The Bertz CT molecular complexity index is 409. The predicted molar refractivity (Wildman–Crippen MR) is 74.0 cm³/mol. The third-order valence-corrected chi connectivity index (χ3v) is 3.01. The van der Waals surface area contributed by atoms with Gasteiger partial charge in [0.2, 0.25) is 0 Å². The van der Waals surface area contributed by atoms with Gasteiger partial charge in [0.15, 0.2) is 5.11 Å². The van der Waals surface area contributed by atoms with Crippen molar-refractivity contribution in [1.29, 1.82) is 0 Å². The Balaban J connectivity index is 2.60. The van der Waals surface area contributed by atoms with Gasteiger partial charge in [-0.3, -0.25) is 0 Å². The third kappa shape index (κ3) is 4.33. The van der Waals surface area contributed by atoms with Gasteiger partial charge in [-0.05, 0) is 30.3 Å². The molecule has 0 bridgehead atoms.